The first-order chi connectivity index (χ1) is 6.89. The van der Waals surface area contributed by atoms with Crippen molar-refractivity contribution in [2.75, 3.05) is 0 Å². The van der Waals surface area contributed by atoms with Crippen LogP contribution in [0.2, 0.25) is 0 Å². The van der Waals surface area contributed by atoms with Gasteiger partial charge in [0, 0.05) is 0 Å². The molecule has 2 heteroatoms. The van der Waals surface area contributed by atoms with Crippen LogP contribution in [-0.4, -0.2) is 11.8 Å². The number of carbonyl (C=O) groups excluding carboxylic acids is 1. The van der Waals surface area contributed by atoms with Crippen LogP contribution in [0.1, 0.15) is 26.3 Å². The third-order valence-electron chi connectivity index (χ3n) is 3.19. The van der Waals surface area contributed by atoms with Crippen molar-refractivity contribution >= 4 is 6.29 Å². The van der Waals surface area contributed by atoms with Crippen molar-refractivity contribution < 1.29 is 4.79 Å². The lowest BCUT2D eigenvalue weighted by molar-refractivity contribution is -0.115. The molecule has 0 saturated carbocycles. The number of nitrogens with two attached hydrogens (primary N) is 1. The quantitative estimate of drug-likeness (QED) is 0.765. The fraction of sp³-hybridized carbons (Fsp3) is 0.462. The summed E-state index contributed by atoms with van der Waals surface area (Å²) in [5, 5.41) is 0. The maximum Gasteiger partial charge on any atom is 0.140 e. The first-order valence-corrected chi connectivity index (χ1v) is 5.18. The molecular weight excluding hydrogens is 186 g/mol. The zero-order valence-electron chi connectivity index (χ0n) is 9.66. The van der Waals surface area contributed by atoms with Crippen LogP contribution >= 0.6 is 0 Å². The minimum absolute atomic E-state index is 0.240. The van der Waals surface area contributed by atoms with Crippen molar-refractivity contribution in [1.29, 1.82) is 0 Å². The van der Waals surface area contributed by atoms with Crippen LogP contribution in [0.3, 0.4) is 0 Å². The third-order valence-corrected chi connectivity index (χ3v) is 3.19. The molecule has 1 aromatic rings. The van der Waals surface area contributed by atoms with Crippen LogP contribution in [0.25, 0.3) is 0 Å². The van der Waals surface area contributed by atoms with E-state index in [4.69, 9.17) is 5.73 Å². The summed E-state index contributed by atoms with van der Waals surface area (Å²) in [6.45, 7) is 5.83. The highest BCUT2D eigenvalue weighted by atomic mass is 16.1. The minimum atomic E-state index is -0.789. The number of rotatable bonds is 4. The average Bonchev–Trinajstić information content (AvgIpc) is 2.18. The summed E-state index contributed by atoms with van der Waals surface area (Å²) in [6.07, 6.45) is 1.65. The second-order valence-electron chi connectivity index (χ2n) is 4.95. The lowest BCUT2D eigenvalue weighted by Gasteiger charge is -2.37. The summed E-state index contributed by atoms with van der Waals surface area (Å²) in [7, 11) is 0. The van der Waals surface area contributed by atoms with Gasteiger partial charge in [0.05, 0.1) is 5.54 Å². The van der Waals surface area contributed by atoms with E-state index in [9.17, 15) is 4.79 Å². The molecule has 0 spiro atoms. The molecule has 0 saturated heterocycles. The smallest absolute Gasteiger partial charge is 0.140 e. The SMILES string of the molecule is CC(N)(C=O)C(C)(C)Cc1ccccc1. The fourth-order valence-electron chi connectivity index (χ4n) is 1.46. The van der Waals surface area contributed by atoms with E-state index in [0.717, 1.165) is 12.7 Å². The Labute approximate surface area is 91.5 Å². The summed E-state index contributed by atoms with van der Waals surface area (Å²) in [5.41, 5.74) is 6.15. The van der Waals surface area contributed by atoms with Gasteiger partial charge in [-0.3, -0.25) is 0 Å². The lowest BCUT2D eigenvalue weighted by atomic mass is 9.71. The summed E-state index contributed by atoms with van der Waals surface area (Å²) in [4.78, 5) is 10.9. The van der Waals surface area contributed by atoms with Crippen LogP contribution in [0, 0.1) is 5.41 Å². The molecule has 1 unspecified atom stereocenters. The van der Waals surface area contributed by atoms with E-state index in [1.807, 2.05) is 32.0 Å². The van der Waals surface area contributed by atoms with Crippen molar-refractivity contribution in [1.82, 2.24) is 0 Å². The van der Waals surface area contributed by atoms with Crippen LogP contribution in [0.5, 0.6) is 0 Å². The zero-order chi connectivity index (χ0) is 11.5. The molecule has 2 nitrogen and oxygen atoms in total. The van der Waals surface area contributed by atoms with Crippen molar-refractivity contribution in [2.24, 2.45) is 11.1 Å². The van der Waals surface area contributed by atoms with E-state index < -0.39 is 5.54 Å². The molecule has 1 aromatic carbocycles. The molecule has 0 aliphatic carbocycles. The molecule has 1 rings (SSSR count). The normalized spacial score (nSPS) is 15.7. The summed E-state index contributed by atoms with van der Waals surface area (Å²) in [6, 6.07) is 10.1. The van der Waals surface area contributed by atoms with Crippen LogP contribution in [0.15, 0.2) is 30.3 Å². The van der Waals surface area contributed by atoms with Gasteiger partial charge in [0.2, 0.25) is 0 Å². The Kier molecular flexibility index (Phi) is 3.30. The van der Waals surface area contributed by atoms with Gasteiger partial charge in [-0.05, 0) is 24.3 Å². The molecule has 0 aliphatic heterocycles. The van der Waals surface area contributed by atoms with Gasteiger partial charge in [0.1, 0.15) is 6.29 Å². The van der Waals surface area contributed by atoms with Gasteiger partial charge in [-0.15, -0.1) is 0 Å². The van der Waals surface area contributed by atoms with Crippen LogP contribution in [-0.2, 0) is 11.2 Å². The highest BCUT2D eigenvalue weighted by molar-refractivity contribution is 5.64. The predicted molar refractivity (Wildman–Crippen MR) is 62.6 cm³/mol. The third kappa shape index (κ3) is 2.66. The number of hydrogen-bond donors (Lipinski definition) is 1. The molecular formula is C13H19NO. The largest absolute Gasteiger partial charge is 0.319 e. The van der Waals surface area contributed by atoms with Gasteiger partial charge in [-0.25, -0.2) is 0 Å². The second kappa shape index (κ2) is 4.15. The standard InChI is InChI=1S/C13H19NO/c1-12(2,13(3,14)10-15)9-11-7-5-4-6-8-11/h4-8,10H,9,14H2,1-3H3. The first-order valence-electron chi connectivity index (χ1n) is 5.18. The highest BCUT2D eigenvalue weighted by Gasteiger charge is 2.37. The van der Waals surface area contributed by atoms with Crippen molar-refractivity contribution in [3.63, 3.8) is 0 Å². The summed E-state index contributed by atoms with van der Waals surface area (Å²) in [5.74, 6) is 0. The molecule has 0 radical (unpaired) electrons. The van der Waals surface area contributed by atoms with E-state index in [2.05, 4.69) is 12.1 Å². The molecule has 0 aliphatic rings. The zero-order valence-corrected chi connectivity index (χ0v) is 9.66. The van der Waals surface area contributed by atoms with Gasteiger partial charge in [-0.2, -0.15) is 0 Å². The maximum absolute atomic E-state index is 10.9. The Balaban J connectivity index is 2.86. The maximum atomic E-state index is 10.9. The van der Waals surface area contributed by atoms with E-state index in [1.54, 1.807) is 6.92 Å². The molecule has 0 amide bonds. The molecule has 0 bridgehead atoms. The molecule has 0 fully saturated rings. The van der Waals surface area contributed by atoms with E-state index >= 15 is 0 Å². The number of carbonyl (C=O) groups is 1. The van der Waals surface area contributed by atoms with E-state index in [1.165, 1.54) is 5.56 Å². The Hall–Kier alpha value is -1.15. The van der Waals surface area contributed by atoms with Crippen LogP contribution in [0.4, 0.5) is 0 Å². The molecule has 0 aromatic heterocycles. The molecule has 1 atom stereocenters. The van der Waals surface area contributed by atoms with Crippen molar-refractivity contribution in [3.8, 4) is 0 Å². The highest BCUT2D eigenvalue weighted by Crippen LogP contribution is 2.31. The van der Waals surface area contributed by atoms with Crippen molar-refractivity contribution in [2.45, 2.75) is 32.7 Å². The Bertz CT molecular complexity index is 328. The predicted octanol–water partition coefficient (Wildman–Crippen LogP) is 2.17. The topological polar surface area (TPSA) is 43.1 Å². The van der Waals surface area contributed by atoms with Gasteiger partial charge < -0.3 is 10.5 Å². The van der Waals surface area contributed by atoms with E-state index in [0.29, 0.717) is 0 Å². The first kappa shape index (κ1) is 11.9. The van der Waals surface area contributed by atoms with Crippen molar-refractivity contribution in [3.05, 3.63) is 35.9 Å². The molecule has 82 valence electrons. The van der Waals surface area contributed by atoms with Crippen LogP contribution < -0.4 is 5.73 Å². The van der Waals surface area contributed by atoms with E-state index in [-0.39, 0.29) is 5.41 Å². The average molecular weight is 205 g/mol. The lowest BCUT2D eigenvalue weighted by Crippen LogP contribution is -2.52. The minimum Gasteiger partial charge on any atom is -0.319 e. The second-order valence-corrected chi connectivity index (χ2v) is 4.95. The number of aldehydes is 1. The number of hydrogen-bond acceptors (Lipinski definition) is 2. The van der Waals surface area contributed by atoms with Gasteiger partial charge in [0.15, 0.2) is 0 Å². The number of benzene rings is 1. The molecule has 0 heterocycles. The molecule has 2 N–H and O–H groups in total. The summed E-state index contributed by atoms with van der Waals surface area (Å²) < 4.78 is 0. The molecule has 15 heavy (non-hydrogen) atoms. The Morgan fingerprint density at radius 2 is 1.73 bits per heavy atom. The fourth-order valence-corrected chi connectivity index (χ4v) is 1.46. The summed E-state index contributed by atoms with van der Waals surface area (Å²) >= 11 is 0. The van der Waals surface area contributed by atoms with Gasteiger partial charge in [0.25, 0.3) is 0 Å². The Morgan fingerprint density at radius 1 is 1.20 bits per heavy atom. The van der Waals surface area contributed by atoms with Gasteiger partial charge in [-0.1, -0.05) is 44.2 Å². The van der Waals surface area contributed by atoms with Gasteiger partial charge >= 0.3 is 0 Å². The Morgan fingerprint density at radius 3 is 2.20 bits per heavy atom. The monoisotopic (exact) mass is 205 g/mol.